The summed E-state index contributed by atoms with van der Waals surface area (Å²) in [5, 5.41) is 2.56. The van der Waals surface area contributed by atoms with Gasteiger partial charge in [-0.25, -0.2) is 30.5 Å². The molecule has 0 unspecified atom stereocenters. The Labute approximate surface area is 245 Å². The first-order valence-electron chi connectivity index (χ1n) is 13.0. The predicted octanol–water partition coefficient (Wildman–Crippen LogP) is -0.841. The zero-order valence-corrected chi connectivity index (χ0v) is 25.7. The highest BCUT2D eigenvalue weighted by Gasteiger charge is 2.03. The standard InChI is InChI=1S/C10H15NO3S.C9H14N2O3S.C8H12N.ClH/c1-2-6-11-7-3-10(4-8-11)5-9-15(12,13)14;1-2-5-11-6-3-4-9(7-11)10-8-15(12,13)14;1-2-6-9-7-4-3-5-8-9;/h3-4,7-8H,2,5-6,9H2,1H3;3-4,6-7,10H,2,5,8H2,1H3;3-5,7-8H,2,6H2,1H3;1H/q;;+1;/p-1. The molecule has 3 rings (SSSR count). The van der Waals surface area contributed by atoms with Gasteiger partial charge in [-0.2, -0.15) is 0 Å². The lowest BCUT2D eigenvalue weighted by molar-refractivity contribution is -0.697. The number of nitrogens with one attached hydrogen (secondary N) is 1. The fourth-order valence-electron chi connectivity index (χ4n) is 3.34. The first-order chi connectivity index (χ1) is 18.5. The monoisotopic (exact) mass is 616 g/mol. The minimum Gasteiger partial charge on any atom is -1.00 e. The summed E-state index contributed by atoms with van der Waals surface area (Å²) in [5.41, 5.74) is 1.51. The molecule has 10 nitrogen and oxygen atoms in total. The topological polar surface area (TPSA) is 138 Å². The van der Waals surface area contributed by atoms with E-state index in [0.29, 0.717) is 12.1 Å². The SMILES string of the molecule is CCC[n+]1ccc(CCS(=O)(=O)[O-])cc1.CCC[n+]1cccc(NCS(=O)(=O)[O-])c1.CCC[n+]1ccccc1.[Cl-]. The Kier molecular flexibility index (Phi) is 18.9. The summed E-state index contributed by atoms with van der Waals surface area (Å²) in [6, 6.07) is 13.4. The zero-order chi connectivity index (χ0) is 29.2. The van der Waals surface area contributed by atoms with Gasteiger partial charge in [0, 0.05) is 55.3 Å². The lowest BCUT2D eigenvalue weighted by atomic mass is 10.2. The Balaban J connectivity index is 0.000000581. The lowest BCUT2D eigenvalue weighted by Crippen LogP contribution is -3.00. The van der Waals surface area contributed by atoms with Crippen molar-refractivity contribution in [1.29, 1.82) is 0 Å². The van der Waals surface area contributed by atoms with Crippen molar-refractivity contribution >= 4 is 25.9 Å². The van der Waals surface area contributed by atoms with Crippen LogP contribution in [0.5, 0.6) is 0 Å². The second-order valence-corrected chi connectivity index (χ2v) is 11.7. The van der Waals surface area contributed by atoms with E-state index in [9.17, 15) is 25.9 Å². The van der Waals surface area contributed by atoms with Crippen molar-refractivity contribution in [3.63, 3.8) is 0 Å². The zero-order valence-electron chi connectivity index (χ0n) is 23.4. The number of anilines is 1. The van der Waals surface area contributed by atoms with Crippen molar-refractivity contribution in [2.24, 2.45) is 0 Å². The Morgan fingerprint density at radius 1 is 0.675 bits per heavy atom. The van der Waals surface area contributed by atoms with Crippen molar-refractivity contribution in [1.82, 2.24) is 0 Å². The molecule has 0 aliphatic heterocycles. The quantitative estimate of drug-likeness (QED) is 0.207. The summed E-state index contributed by atoms with van der Waals surface area (Å²) in [4.78, 5) is 0. The molecule has 13 heteroatoms. The third-order valence-electron chi connectivity index (χ3n) is 5.13. The highest BCUT2D eigenvalue weighted by molar-refractivity contribution is 7.85. The number of nitrogens with zero attached hydrogens (tertiary/aromatic N) is 3. The van der Waals surface area contributed by atoms with Crippen LogP contribution in [0.1, 0.15) is 45.6 Å². The van der Waals surface area contributed by atoms with E-state index in [-0.39, 0.29) is 18.2 Å². The van der Waals surface area contributed by atoms with Crippen molar-refractivity contribution in [2.45, 2.75) is 66.1 Å². The van der Waals surface area contributed by atoms with Crippen LogP contribution in [0.3, 0.4) is 0 Å². The summed E-state index contributed by atoms with van der Waals surface area (Å²) >= 11 is 0. The molecular weight excluding hydrogens is 576 g/mol. The molecule has 0 atom stereocenters. The molecule has 224 valence electrons. The Morgan fingerprint density at radius 3 is 1.68 bits per heavy atom. The van der Waals surface area contributed by atoms with Crippen LogP contribution in [-0.4, -0.2) is 37.6 Å². The largest absolute Gasteiger partial charge is 1.00 e. The average Bonchev–Trinajstić information content (AvgIpc) is 2.89. The number of halogens is 1. The van der Waals surface area contributed by atoms with Crippen molar-refractivity contribution in [3.05, 3.63) is 85.2 Å². The molecule has 1 N–H and O–H groups in total. The molecule has 0 saturated heterocycles. The summed E-state index contributed by atoms with van der Waals surface area (Å²) in [6.45, 7) is 9.25. The van der Waals surface area contributed by atoms with Crippen LogP contribution in [0, 0.1) is 0 Å². The van der Waals surface area contributed by atoms with Gasteiger partial charge in [-0.05, 0) is 18.1 Å². The van der Waals surface area contributed by atoms with E-state index in [0.717, 1.165) is 38.0 Å². The summed E-state index contributed by atoms with van der Waals surface area (Å²) in [5.74, 6) is -0.909. The molecule has 0 saturated carbocycles. The van der Waals surface area contributed by atoms with E-state index in [2.05, 4.69) is 55.2 Å². The molecule has 0 bridgehead atoms. The summed E-state index contributed by atoms with van der Waals surface area (Å²) < 4.78 is 68.5. The number of aryl methyl sites for hydroxylation is 4. The van der Waals surface area contributed by atoms with Gasteiger partial charge in [-0.15, -0.1) is 0 Å². The van der Waals surface area contributed by atoms with Crippen molar-refractivity contribution in [2.75, 3.05) is 16.9 Å². The van der Waals surface area contributed by atoms with E-state index in [4.69, 9.17) is 0 Å². The van der Waals surface area contributed by atoms with E-state index in [1.165, 1.54) is 6.42 Å². The van der Waals surface area contributed by atoms with Crippen LogP contribution < -0.4 is 31.4 Å². The van der Waals surface area contributed by atoms with Gasteiger partial charge in [-0.3, -0.25) is 0 Å². The van der Waals surface area contributed by atoms with Gasteiger partial charge in [-0.1, -0.05) is 26.8 Å². The number of aromatic nitrogens is 3. The van der Waals surface area contributed by atoms with E-state index in [1.54, 1.807) is 18.3 Å². The number of hydrogen-bond donors (Lipinski definition) is 1. The minimum atomic E-state index is -4.22. The normalized spacial score (nSPS) is 10.7. The van der Waals surface area contributed by atoms with Crippen LogP contribution >= 0.6 is 0 Å². The second-order valence-electron chi connectivity index (χ2n) is 8.78. The number of rotatable bonds is 12. The first kappa shape index (κ1) is 37.4. The maximum atomic E-state index is 10.4. The highest BCUT2D eigenvalue weighted by Crippen LogP contribution is 2.02. The molecule has 0 fully saturated rings. The molecule has 0 amide bonds. The molecule has 3 aromatic heterocycles. The van der Waals surface area contributed by atoms with E-state index >= 15 is 0 Å². The Morgan fingerprint density at radius 2 is 1.18 bits per heavy atom. The maximum absolute atomic E-state index is 10.4. The van der Waals surface area contributed by atoms with Gasteiger partial charge >= 0.3 is 0 Å². The molecule has 0 aromatic carbocycles. The fraction of sp³-hybridized carbons (Fsp3) is 0.444. The van der Waals surface area contributed by atoms with Gasteiger partial charge in [0.1, 0.15) is 35.6 Å². The van der Waals surface area contributed by atoms with Crippen LogP contribution in [0.15, 0.2) is 79.6 Å². The number of pyridine rings is 3. The average molecular weight is 617 g/mol. The van der Waals surface area contributed by atoms with Crippen LogP contribution in [0.4, 0.5) is 5.69 Å². The molecular formula is C27H41ClN4O6S2. The van der Waals surface area contributed by atoms with Crippen LogP contribution in [-0.2, 0) is 46.3 Å². The Bertz CT molecular complexity index is 1290. The summed E-state index contributed by atoms with van der Waals surface area (Å²) in [6.07, 6.45) is 15.2. The van der Waals surface area contributed by atoms with Crippen molar-refractivity contribution in [3.8, 4) is 0 Å². The van der Waals surface area contributed by atoms with Gasteiger partial charge in [0.15, 0.2) is 37.2 Å². The predicted molar refractivity (Wildman–Crippen MR) is 147 cm³/mol. The molecule has 40 heavy (non-hydrogen) atoms. The Hall–Kier alpha value is -2.64. The van der Waals surface area contributed by atoms with E-state index in [1.807, 2.05) is 45.9 Å². The van der Waals surface area contributed by atoms with Crippen molar-refractivity contribution < 1.29 is 52.0 Å². The van der Waals surface area contributed by atoms with Crippen LogP contribution in [0.25, 0.3) is 0 Å². The lowest BCUT2D eigenvalue weighted by Gasteiger charge is -2.08. The molecule has 3 aromatic rings. The maximum Gasteiger partial charge on any atom is 0.192 e. The molecule has 3 heterocycles. The van der Waals surface area contributed by atoms with E-state index < -0.39 is 26.1 Å². The summed E-state index contributed by atoms with van der Waals surface area (Å²) in [7, 11) is -8.32. The minimum absolute atomic E-state index is 0. The smallest absolute Gasteiger partial charge is 0.192 e. The third kappa shape index (κ3) is 19.4. The third-order valence-corrected chi connectivity index (χ3v) is 6.34. The molecule has 0 aliphatic rings. The van der Waals surface area contributed by atoms with Gasteiger partial charge in [0.05, 0.1) is 15.8 Å². The molecule has 0 spiro atoms. The van der Waals surface area contributed by atoms with Gasteiger partial charge < -0.3 is 26.8 Å². The molecule has 0 radical (unpaired) electrons. The highest BCUT2D eigenvalue weighted by atomic mass is 35.5. The first-order valence-corrected chi connectivity index (χ1v) is 16.1. The second kappa shape index (κ2) is 20.3. The van der Waals surface area contributed by atoms with Gasteiger partial charge in [0.2, 0.25) is 0 Å². The van der Waals surface area contributed by atoms with Crippen LogP contribution in [0.2, 0.25) is 0 Å². The molecule has 0 aliphatic carbocycles. The fourth-order valence-corrected chi connectivity index (χ4v) is 4.17. The number of hydrogen-bond acceptors (Lipinski definition) is 7. The van der Waals surface area contributed by atoms with Gasteiger partial charge in [0.25, 0.3) is 0 Å².